The smallest absolute Gasteiger partial charge is 0.347 e. The van der Waals surface area contributed by atoms with E-state index in [4.69, 9.17) is 9.47 Å². The molecule has 2 aromatic rings. The fraction of sp³-hybridized carbons (Fsp3) is 0.250. The topological polar surface area (TPSA) is 69.7 Å². The van der Waals surface area contributed by atoms with E-state index in [1.165, 1.54) is 19.1 Å². The second-order valence-electron chi connectivity index (χ2n) is 9.03. The van der Waals surface area contributed by atoms with Gasteiger partial charge in [-0.1, -0.05) is 104 Å². The van der Waals surface area contributed by atoms with Gasteiger partial charge in [-0.15, -0.1) is 0 Å². The van der Waals surface area contributed by atoms with Crippen LogP contribution in [0.1, 0.15) is 79.5 Å². The molecule has 2 rings (SSSR count). The number of rotatable bonds is 17. The Kier molecular flexibility index (Phi) is 16.3. The van der Waals surface area contributed by atoms with Crippen LogP contribution in [0, 0.1) is 0 Å². The summed E-state index contributed by atoms with van der Waals surface area (Å²) in [4.78, 5) is 36.9. The average Bonchev–Trinajstić information content (AvgIpc) is 2.97. The molecule has 0 spiro atoms. The first-order chi connectivity index (χ1) is 20.0. The molecule has 0 heterocycles. The van der Waals surface area contributed by atoms with Crippen molar-refractivity contribution in [3.05, 3.63) is 133 Å². The molecule has 0 aliphatic carbocycles. The van der Waals surface area contributed by atoms with Crippen LogP contribution in [0.3, 0.4) is 0 Å². The molecule has 0 radical (unpaired) electrons. The average molecular weight is 553 g/mol. The summed E-state index contributed by atoms with van der Waals surface area (Å²) in [6, 6.07) is 12.9. The molecule has 0 N–H and O–H groups in total. The van der Waals surface area contributed by atoms with E-state index in [2.05, 4.69) is 61.6 Å². The Hall–Kier alpha value is -4.51. The van der Waals surface area contributed by atoms with Gasteiger partial charge in [0, 0.05) is 0 Å². The lowest BCUT2D eigenvalue weighted by Gasteiger charge is -2.11. The van der Waals surface area contributed by atoms with Crippen molar-refractivity contribution in [1.82, 2.24) is 0 Å². The van der Waals surface area contributed by atoms with E-state index in [9.17, 15) is 14.4 Å². The minimum Gasteiger partial charge on any atom is -0.425 e. The number of para-hydroxylation sites is 2. The quantitative estimate of drug-likeness (QED) is 0.0847. The van der Waals surface area contributed by atoms with Crippen molar-refractivity contribution in [3.63, 3.8) is 0 Å². The number of esters is 2. The number of carbonyl (C=O) groups is 3. The highest BCUT2D eigenvalue weighted by Crippen LogP contribution is 2.24. The largest absolute Gasteiger partial charge is 0.425 e. The summed E-state index contributed by atoms with van der Waals surface area (Å²) in [5, 5.41) is 0. The second-order valence-corrected chi connectivity index (χ2v) is 9.03. The molecule has 0 atom stereocenters. The molecule has 0 unspecified atom stereocenters. The highest BCUT2D eigenvalue weighted by atomic mass is 16.5. The molecular weight excluding hydrogens is 512 g/mol. The first-order valence-corrected chi connectivity index (χ1v) is 14.0. The third kappa shape index (κ3) is 13.9. The second kappa shape index (κ2) is 20.4. The van der Waals surface area contributed by atoms with Gasteiger partial charge in [0.2, 0.25) is 0 Å². The maximum atomic E-state index is 12.8. The van der Waals surface area contributed by atoms with E-state index in [1.807, 2.05) is 12.2 Å². The van der Waals surface area contributed by atoms with E-state index in [-0.39, 0.29) is 29.3 Å². The summed E-state index contributed by atoms with van der Waals surface area (Å²) >= 11 is 0. The predicted octanol–water partition coefficient (Wildman–Crippen LogP) is 9.10. The Morgan fingerprint density at radius 3 is 1.46 bits per heavy atom. The maximum absolute atomic E-state index is 12.8. The standard InChI is InChI=1S/C36H40O5/c1-3-4-5-6-7-8-9-10-11-12-13-14-15-16-17-18-19-20-29-35(38)40-34-28-24-22-26-32(34)36(39)41-33-27-23-21-25-31(33)30(2)37/h4-5,7-8,10-11,13-14,16-17,19-28H,3,6,9,12,15,18,29H2,1-2H3/b5-4-,8-7-,11-10-,14-13-,17-16-,20-19-. The molecule has 0 aliphatic heterocycles. The zero-order chi connectivity index (χ0) is 29.5. The van der Waals surface area contributed by atoms with Gasteiger partial charge in [0.05, 0.1) is 12.0 Å². The monoisotopic (exact) mass is 552 g/mol. The number of hydrogen-bond acceptors (Lipinski definition) is 5. The third-order valence-electron chi connectivity index (χ3n) is 5.68. The number of carbonyl (C=O) groups excluding carboxylic acids is 3. The van der Waals surface area contributed by atoms with Crippen molar-refractivity contribution in [2.24, 2.45) is 0 Å². The zero-order valence-corrected chi connectivity index (χ0v) is 24.0. The van der Waals surface area contributed by atoms with Gasteiger partial charge in [-0.25, -0.2) is 4.79 Å². The SMILES string of the molecule is CC/C=C\C/C=C\C/C=C\C/C=C\C/C=C\C/C=C\CC(=O)Oc1ccccc1C(=O)Oc1ccccc1C(C)=O. The number of ketones is 1. The fourth-order valence-corrected chi connectivity index (χ4v) is 3.59. The minimum atomic E-state index is -0.712. The molecule has 5 nitrogen and oxygen atoms in total. The molecule has 0 fully saturated rings. The molecule has 2 aromatic carbocycles. The Morgan fingerprint density at radius 1 is 0.561 bits per heavy atom. The van der Waals surface area contributed by atoms with Crippen molar-refractivity contribution in [3.8, 4) is 11.5 Å². The summed E-state index contributed by atoms with van der Waals surface area (Å²) in [6.45, 7) is 3.54. The molecule has 41 heavy (non-hydrogen) atoms. The van der Waals surface area contributed by atoms with Gasteiger partial charge in [0.25, 0.3) is 0 Å². The van der Waals surface area contributed by atoms with Gasteiger partial charge in [0.15, 0.2) is 5.78 Å². The van der Waals surface area contributed by atoms with Gasteiger partial charge < -0.3 is 9.47 Å². The van der Waals surface area contributed by atoms with E-state index in [0.29, 0.717) is 12.0 Å². The van der Waals surface area contributed by atoms with E-state index < -0.39 is 11.9 Å². The van der Waals surface area contributed by atoms with Gasteiger partial charge in [-0.05, 0) is 69.7 Å². The van der Waals surface area contributed by atoms with E-state index >= 15 is 0 Å². The molecular formula is C36H40O5. The number of hydrogen-bond donors (Lipinski definition) is 0. The van der Waals surface area contributed by atoms with Gasteiger partial charge in [0.1, 0.15) is 17.1 Å². The Labute approximate surface area is 244 Å². The number of ether oxygens (including phenoxy) is 2. The van der Waals surface area contributed by atoms with E-state index in [1.54, 1.807) is 42.5 Å². The Bertz CT molecular complexity index is 1290. The molecule has 0 aliphatic rings. The number of allylic oxidation sites excluding steroid dienone is 11. The molecule has 0 aromatic heterocycles. The van der Waals surface area contributed by atoms with Crippen LogP contribution in [-0.2, 0) is 4.79 Å². The van der Waals surface area contributed by atoms with Gasteiger partial charge >= 0.3 is 11.9 Å². The van der Waals surface area contributed by atoms with Crippen molar-refractivity contribution >= 4 is 17.7 Å². The fourth-order valence-electron chi connectivity index (χ4n) is 3.59. The minimum absolute atomic E-state index is 0.0707. The van der Waals surface area contributed by atoms with Crippen molar-refractivity contribution in [2.75, 3.05) is 0 Å². The summed E-state index contributed by atoms with van der Waals surface area (Å²) in [6.07, 6.45) is 30.7. The first kappa shape index (κ1) is 32.7. The maximum Gasteiger partial charge on any atom is 0.347 e. The number of Topliss-reactive ketones (excluding diaryl/α,β-unsaturated/α-hetero) is 1. The molecule has 214 valence electrons. The Balaban J connectivity index is 1.70. The molecule has 0 saturated heterocycles. The molecule has 5 heteroatoms. The first-order valence-electron chi connectivity index (χ1n) is 14.0. The highest BCUT2D eigenvalue weighted by Gasteiger charge is 2.18. The van der Waals surface area contributed by atoms with Crippen molar-refractivity contribution in [1.29, 1.82) is 0 Å². The summed E-state index contributed by atoms with van der Waals surface area (Å²) in [5.41, 5.74) is 0.398. The highest BCUT2D eigenvalue weighted by molar-refractivity contribution is 6.00. The predicted molar refractivity (Wildman–Crippen MR) is 166 cm³/mol. The summed E-state index contributed by atoms with van der Waals surface area (Å²) in [5.74, 6) is -1.16. The zero-order valence-electron chi connectivity index (χ0n) is 24.0. The molecule has 0 saturated carbocycles. The lowest BCUT2D eigenvalue weighted by Crippen LogP contribution is -2.14. The summed E-state index contributed by atoms with van der Waals surface area (Å²) < 4.78 is 10.8. The van der Waals surface area contributed by atoms with Crippen LogP contribution in [-0.4, -0.2) is 17.7 Å². The van der Waals surface area contributed by atoms with Gasteiger partial charge in [-0.3, -0.25) is 9.59 Å². The number of benzene rings is 2. The lowest BCUT2D eigenvalue weighted by molar-refractivity contribution is -0.133. The van der Waals surface area contributed by atoms with Crippen LogP contribution in [0.15, 0.2) is 121 Å². The van der Waals surface area contributed by atoms with Crippen LogP contribution < -0.4 is 9.47 Å². The lowest BCUT2D eigenvalue weighted by atomic mass is 10.1. The van der Waals surface area contributed by atoms with Gasteiger partial charge in [-0.2, -0.15) is 0 Å². The van der Waals surface area contributed by atoms with Crippen LogP contribution in [0.2, 0.25) is 0 Å². The van der Waals surface area contributed by atoms with Crippen molar-refractivity contribution in [2.45, 2.75) is 58.8 Å². The van der Waals surface area contributed by atoms with Crippen LogP contribution in [0.25, 0.3) is 0 Å². The van der Waals surface area contributed by atoms with Crippen LogP contribution in [0.5, 0.6) is 11.5 Å². The summed E-state index contributed by atoms with van der Waals surface area (Å²) in [7, 11) is 0. The van der Waals surface area contributed by atoms with E-state index in [0.717, 1.165) is 32.1 Å². The Morgan fingerprint density at radius 2 is 0.976 bits per heavy atom. The molecule has 0 amide bonds. The molecule has 0 bridgehead atoms. The van der Waals surface area contributed by atoms with Crippen LogP contribution in [0.4, 0.5) is 0 Å². The normalized spacial score (nSPS) is 12.0. The van der Waals surface area contributed by atoms with Crippen LogP contribution >= 0.6 is 0 Å². The van der Waals surface area contributed by atoms with Crippen molar-refractivity contribution < 1.29 is 23.9 Å². The third-order valence-corrected chi connectivity index (χ3v) is 5.68.